The van der Waals surface area contributed by atoms with Gasteiger partial charge in [-0.2, -0.15) is 0 Å². The molecule has 2 fully saturated rings. The zero-order valence-corrected chi connectivity index (χ0v) is 10.4. The summed E-state index contributed by atoms with van der Waals surface area (Å²) in [4.78, 5) is 0. The number of hydrogen-bond acceptors (Lipinski definition) is 2. The lowest BCUT2D eigenvalue weighted by molar-refractivity contribution is 0.106. The highest BCUT2D eigenvalue weighted by atomic mass is 14.9. The molecule has 1 heterocycles. The highest BCUT2D eigenvalue weighted by Gasteiger charge is 2.52. The molecular formula is C15H22N2. The van der Waals surface area contributed by atoms with Crippen molar-refractivity contribution in [3.8, 4) is 0 Å². The molecular weight excluding hydrogens is 208 g/mol. The van der Waals surface area contributed by atoms with Crippen molar-refractivity contribution in [1.82, 2.24) is 5.32 Å². The van der Waals surface area contributed by atoms with Gasteiger partial charge in [0.1, 0.15) is 0 Å². The Morgan fingerprint density at radius 2 is 1.65 bits per heavy atom. The molecule has 0 aromatic heterocycles. The summed E-state index contributed by atoms with van der Waals surface area (Å²) in [5, 5.41) is 3.47. The van der Waals surface area contributed by atoms with Crippen LogP contribution in [-0.2, 0) is 5.54 Å². The second kappa shape index (κ2) is 4.11. The standard InChI is InChI=1S/C15H22N2/c16-15(13-5-2-1-3-6-13)8-4-7-14(15)9-11-17-12-10-14/h1-3,5-6,17H,4,7-12,16H2. The third-order valence-corrected chi connectivity index (χ3v) is 5.02. The Kier molecular flexibility index (Phi) is 2.72. The smallest absolute Gasteiger partial charge is 0.0467 e. The molecule has 1 atom stereocenters. The number of piperidine rings is 1. The number of nitrogens with two attached hydrogens (primary N) is 1. The number of rotatable bonds is 1. The van der Waals surface area contributed by atoms with Gasteiger partial charge in [-0.15, -0.1) is 0 Å². The molecule has 3 rings (SSSR count). The van der Waals surface area contributed by atoms with Crippen molar-refractivity contribution in [1.29, 1.82) is 0 Å². The van der Waals surface area contributed by atoms with Gasteiger partial charge in [0.05, 0.1) is 0 Å². The van der Waals surface area contributed by atoms with Crippen LogP contribution in [-0.4, -0.2) is 13.1 Å². The topological polar surface area (TPSA) is 38.0 Å². The maximum Gasteiger partial charge on any atom is 0.0467 e. The zero-order chi connectivity index (χ0) is 11.8. The van der Waals surface area contributed by atoms with Crippen molar-refractivity contribution in [3.05, 3.63) is 35.9 Å². The second-order valence-corrected chi connectivity index (χ2v) is 5.72. The fourth-order valence-corrected chi connectivity index (χ4v) is 3.98. The van der Waals surface area contributed by atoms with Crippen LogP contribution >= 0.6 is 0 Å². The van der Waals surface area contributed by atoms with E-state index in [2.05, 4.69) is 35.6 Å². The molecule has 1 aliphatic carbocycles. The third kappa shape index (κ3) is 1.62. The van der Waals surface area contributed by atoms with Crippen LogP contribution in [0.2, 0.25) is 0 Å². The predicted molar refractivity (Wildman–Crippen MR) is 70.7 cm³/mol. The van der Waals surface area contributed by atoms with Crippen LogP contribution in [0.5, 0.6) is 0 Å². The summed E-state index contributed by atoms with van der Waals surface area (Å²) in [6.45, 7) is 2.26. The first-order chi connectivity index (χ1) is 8.27. The molecule has 1 aromatic rings. The van der Waals surface area contributed by atoms with Crippen molar-refractivity contribution in [2.24, 2.45) is 11.1 Å². The summed E-state index contributed by atoms with van der Waals surface area (Å²) in [7, 11) is 0. The molecule has 1 spiro atoms. The van der Waals surface area contributed by atoms with Crippen LogP contribution in [0, 0.1) is 5.41 Å². The monoisotopic (exact) mass is 230 g/mol. The second-order valence-electron chi connectivity index (χ2n) is 5.72. The molecule has 2 heteroatoms. The quantitative estimate of drug-likeness (QED) is 0.777. The molecule has 3 N–H and O–H groups in total. The fraction of sp³-hybridized carbons (Fsp3) is 0.600. The summed E-state index contributed by atoms with van der Waals surface area (Å²) in [6.07, 6.45) is 6.21. The van der Waals surface area contributed by atoms with Gasteiger partial charge >= 0.3 is 0 Å². The largest absolute Gasteiger partial charge is 0.321 e. The molecule has 1 aliphatic heterocycles. The maximum atomic E-state index is 6.86. The van der Waals surface area contributed by atoms with Gasteiger partial charge in [0.2, 0.25) is 0 Å². The van der Waals surface area contributed by atoms with E-state index in [1.165, 1.54) is 31.2 Å². The number of nitrogens with one attached hydrogen (secondary N) is 1. The minimum atomic E-state index is -0.0869. The van der Waals surface area contributed by atoms with Gasteiger partial charge in [0.15, 0.2) is 0 Å². The lowest BCUT2D eigenvalue weighted by Crippen LogP contribution is -2.53. The van der Waals surface area contributed by atoms with Crippen LogP contribution in [0.15, 0.2) is 30.3 Å². The molecule has 1 saturated heterocycles. The Morgan fingerprint density at radius 3 is 2.35 bits per heavy atom. The predicted octanol–water partition coefficient (Wildman–Crippen LogP) is 2.39. The molecule has 2 aliphatic rings. The van der Waals surface area contributed by atoms with Gasteiger partial charge in [0, 0.05) is 5.54 Å². The first-order valence-corrected chi connectivity index (χ1v) is 6.82. The Labute approximate surface area is 104 Å². The van der Waals surface area contributed by atoms with Gasteiger partial charge in [0.25, 0.3) is 0 Å². The van der Waals surface area contributed by atoms with Gasteiger partial charge in [-0.1, -0.05) is 36.8 Å². The van der Waals surface area contributed by atoms with Gasteiger partial charge in [-0.3, -0.25) is 0 Å². The van der Waals surface area contributed by atoms with Crippen molar-refractivity contribution in [2.45, 2.75) is 37.6 Å². The van der Waals surface area contributed by atoms with E-state index in [-0.39, 0.29) is 5.54 Å². The van der Waals surface area contributed by atoms with Crippen molar-refractivity contribution in [3.63, 3.8) is 0 Å². The minimum absolute atomic E-state index is 0.0869. The Balaban J connectivity index is 2.00. The fourth-order valence-electron chi connectivity index (χ4n) is 3.98. The summed E-state index contributed by atoms with van der Waals surface area (Å²) in [5.41, 5.74) is 8.47. The lowest BCUT2D eigenvalue weighted by Gasteiger charge is -2.47. The van der Waals surface area contributed by atoms with Crippen LogP contribution in [0.4, 0.5) is 0 Å². The zero-order valence-electron chi connectivity index (χ0n) is 10.4. The van der Waals surface area contributed by atoms with Crippen LogP contribution in [0.25, 0.3) is 0 Å². The molecule has 1 saturated carbocycles. The van der Waals surface area contributed by atoms with Crippen LogP contribution in [0.1, 0.15) is 37.7 Å². The van der Waals surface area contributed by atoms with E-state index >= 15 is 0 Å². The lowest BCUT2D eigenvalue weighted by atomic mass is 9.64. The van der Waals surface area contributed by atoms with E-state index in [0.717, 1.165) is 19.5 Å². The highest BCUT2D eigenvalue weighted by molar-refractivity contribution is 5.29. The van der Waals surface area contributed by atoms with Gasteiger partial charge in [-0.25, -0.2) is 0 Å². The normalized spacial score (nSPS) is 31.8. The number of hydrogen-bond donors (Lipinski definition) is 2. The van der Waals surface area contributed by atoms with Crippen molar-refractivity contribution < 1.29 is 0 Å². The Morgan fingerprint density at radius 1 is 0.941 bits per heavy atom. The van der Waals surface area contributed by atoms with E-state index in [1.807, 2.05) is 0 Å². The van der Waals surface area contributed by atoms with Crippen LogP contribution < -0.4 is 11.1 Å². The highest BCUT2D eigenvalue weighted by Crippen LogP contribution is 2.55. The van der Waals surface area contributed by atoms with Gasteiger partial charge in [-0.05, 0) is 49.8 Å². The van der Waals surface area contributed by atoms with E-state index in [0.29, 0.717) is 5.41 Å². The van der Waals surface area contributed by atoms with E-state index in [4.69, 9.17) is 5.73 Å². The molecule has 0 amide bonds. The van der Waals surface area contributed by atoms with E-state index in [9.17, 15) is 0 Å². The summed E-state index contributed by atoms with van der Waals surface area (Å²) >= 11 is 0. The van der Waals surface area contributed by atoms with Crippen molar-refractivity contribution >= 4 is 0 Å². The first kappa shape index (κ1) is 11.2. The van der Waals surface area contributed by atoms with Crippen molar-refractivity contribution in [2.75, 3.05) is 13.1 Å². The average Bonchev–Trinajstić information content (AvgIpc) is 2.70. The number of benzene rings is 1. The summed E-state index contributed by atoms with van der Waals surface area (Å²) in [6, 6.07) is 10.8. The molecule has 17 heavy (non-hydrogen) atoms. The SMILES string of the molecule is NC1(c2ccccc2)CCCC12CCNCC2. The molecule has 1 aromatic carbocycles. The Bertz CT molecular complexity index is 381. The maximum absolute atomic E-state index is 6.86. The summed E-state index contributed by atoms with van der Waals surface area (Å²) < 4.78 is 0. The summed E-state index contributed by atoms with van der Waals surface area (Å²) in [5.74, 6) is 0. The third-order valence-electron chi connectivity index (χ3n) is 5.02. The molecule has 1 unspecified atom stereocenters. The first-order valence-electron chi connectivity index (χ1n) is 6.82. The van der Waals surface area contributed by atoms with Crippen LogP contribution in [0.3, 0.4) is 0 Å². The molecule has 2 nitrogen and oxygen atoms in total. The minimum Gasteiger partial charge on any atom is -0.321 e. The van der Waals surface area contributed by atoms with E-state index in [1.54, 1.807) is 0 Å². The molecule has 92 valence electrons. The Hall–Kier alpha value is -0.860. The molecule has 0 bridgehead atoms. The average molecular weight is 230 g/mol. The van der Waals surface area contributed by atoms with Gasteiger partial charge < -0.3 is 11.1 Å². The molecule has 0 radical (unpaired) electrons. The van der Waals surface area contributed by atoms with E-state index < -0.39 is 0 Å².